The summed E-state index contributed by atoms with van der Waals surface area (Å²) in [5.41, 5.74) is 6.32. The van der Waals surface area contributed by atoms with Gasteiger partial charge < -0.3 is 31.0 Å². The summed E-state index contributed by atoms with van der Waals surface area (Å²) < 4.78 is 5.35. The van der Waals surface area contributed by atoms with Crippen LogP contribution in [0, 0.1) is 5.92 Å². The number of unbranched alkanes of at least 4 members (excludes halogenated alkanes) is 2. The molecule has 0 unspecified atom stereocenters. The summed E-state index contributed by atoms with van der Waals surface area (Å²) in [7, 11) is 1.56. The van der Waals surface area contributed by atoms with Crippen LogP contribution in [-0.4, -0.2) is 67.7 Å². The number of ether oxygens (including phenoxy) is 1. The first kappa shape index (κ1) is 25.5. The summed E-state index contributed by atoms with van der Waals surface area (Å²) in [6.45, 7) is 5.93. The van der Waals surface area contributed by atoms with E-state index < -0.39 is 12.0 Å². The Balaban J connectivity index is 2.47. The highest BCUT2D eigenvalue weighted by Crippen LogP contribution is 2.14. The van der Waals surface area contributed by atoms with Gasteiger partial charge in [0.1, 0.15) is 5.70 Å². The average Bonchev–Trinajstić information content (AvgIpc) is 2.72. The van der Waals surface area contributed by atoms with Gasteiger partial charge in [0.2, 0.25) is 5.91 Å². The lowest BCUT2D eigenvalue weighted by molar-refractivity contribution is -0.121. The van der Waals surface area contributed by atoms with Crippen LogP contribution in [-0.2, 0) is 14.3 Å². The molecule has 0 saturated carbocycles. The van der Waals surface area contributed by atoms with Crippen molar-refractivity contribution >= 4 is 17.9 Å². The zero-order valence-electron chi connectivity index (χ0n) is 18.5. The molecule has 3 amide bonds. The van der Waals surface area contributed by atoms with Crippen LogP contribution in [0.3, 0.4) is 0 Å². The normalized spacial score (nSPS) is 15.8. The molecule has 1 saturated heterocycles. The van der Waals surface area contributed by atoms with Gasteiger partial charge in [-0.05, 0) is 18.8 Å². The lowest BCUT2D eigenvalue weighted by atomic mass is 10.1. The first-order chi connectivity index (χ1) is 14.3. The Hall–Kier alpha value is -2.49. The van der Waals surface area contributed by atoms with Gasteiger partial charge in [-0.3, -0.25) is 9.59 Å². The molecule has 0 bridgehead atoms. The molecule has 1 aliphatic rings. The smallest absolute Gasteiger partial charge is 0.410 e. The van der Waals surface area contributed by atoms with E-state index in [1.165, 1.54) is 16.3 Å². The van der Waals surface area contributed by atoms with Gasteiger partial charge in [0.15, 0.2) is 0 Å². The predicted octanol–water partition coefficient (Wildman–Crippen LogP) is 0.643. The number of nitrogens with one attached hydrogen (secondary N) is 2. The van der Waals surface area contributed by atoms with Gasteiger partial charge in [-0.15, -0.1) is 0 Å². The Kier molecular flexibility index (Phi) is 11.7. The van der Waals surface area contributed by atoms with E-state index in [2.05, 4.69) is 24.5 Å². The van der Waals surface area contributed by atoms with Crippen molar-refractivity contribution in [1.82, 2.24) is 20.5 Å². The Morgan fingerprint density at radius 1 is 1.13 bits per heavy atom. The van der Waals surface area contributed by atoms with Crippen molar-refractivity contribution in [2.75, 3.05) is 39.8 Å². The molecule has 1 fully saturated rings. The summed E-state index contributed by atoms with van der Waals surface area (Å²) in [4.78, 5) is 37.3. The molecular formula is C20H38N6O4. The highest BCUT2D eigenvalue weighted by Gasteiger charge is 2.27. The maximum absolute atomic E-state index is 12.3. The molecule has 172 valence electrons. The molecular weight excluding hydrogens is 388 g/mol. The number of amides is 3. The van der Waals surface area contributed by atoms with Crippen molar-refractivity contribution in [3.63, 3.8) is 0 Å². The quantitative estimate of drug-likeness (QED) is 0.216. The molecule has 10 heteroatoms. The van der Waals surface area contributed by atoms with Crippen molar-refractivity contribution in [3.8, 4) is 0 Å². The van der Waals surface area contributed by atoms with E-state index in [9.17, 15) is 14.4 Å². The van der Waals surface area contributed by atoms with Gasteiger partial charge in [0.25, 0.3) is 5.91 Å². The van der Waals surface area contributed by atoms with Crippen molar-refractivity contribution in [1.29, 1.82) is 0 Å². The topological polar surface area (TPSA) is 143 Å². The zero-order valence-corrected chi connectivity index (χ0v) is 18.5. The number of rotatable bonds is 11. The van der Waals surface area contributed by atoms with Crippen molar-refractivity contribution < 1.29 is 19.1 Å². The number of nitrogens with zero attached hydrogens (tertiary/aromatic N) is 2. The van der Waals surface area contributed by atoms with Crippen LogP contribution in [0.15, 0.2) is 11.4 Å². The summed E-state index contributed by atoms with van der Waals surface area (Å²) in [5.74, 6) is 6.07. The van der Waals surface area contributed by atoms with Gasteiger partial charge in [-0.25, -0.2) is 10.6 Å². The number of carbonyl (C=O) groups is 3. The van der Waals surface area contributed by atoms with Gasteiger partial charge in [0, 0.05) is 26.6 Å². The lowest BCUT2D eigenvalue weighted by Gasteiger charge is -2.35. The molecule has 0 atom stereocenters. The van der Waals surface area contributed by atoms with E-state index in [1.807, 2.05) is 0 Å². The van der Waals surface area contributed by atoms with Crippen LogP contribution in [0.5, 0.6) is 0 Å². The van der Waals surface area contributed by atoms with Gasteiger partial charge in [0.05, 0.1) is 25.4 Å². The number of piperazine rings is 1. The largest absolute Gasteiger partial charge is 0.449 e. The molecule has 0 aliphatic carbocycles. The molecule has 0 aromatic rings. The third kappa shape index (κ3) is 9.34. The molecule has 6 N–H and O–H groups in total. The van der Waals surface area contributed by atoms with E-state index in [1.54, 1.807) is 7.05 Å². The van der Waals surface area contributed by atoms with Gasteiger partial charge >= 0.3 is 6.09 Å². The van der Waals surface area contributed by atoms with Crippen molar-refractivity contribution in [2.45, 2.75) is 52.4 Å². The standard InChI is InChI=1S/C20H38N6O4/c1-15(2)8-5-4-6-13-30-20(29)25-11-12-26(22)16(14-25)18(21)19(28)24-10-7-9-17(27)23-3/h15H,4-14,21-22H2,1-3H3,(H,23,27)(H,24,28)/b18-16-. The molecule has 1 heterocycles. The van der Waals surface area contributed by atoms with E-state index in [-0.39, 0.29) is 18.1 Å². The van der Waals surface area contributed by atoms with Gasteiger partial charge in [-0.1, -0.05) is 33.1 Å². The fourth-order valence-corrected chi connectivity index (χ4v) is 2.99. The summed E-state index contributed by atoms with van der Waals surface area (Å²) in [6, 6.07) is 0. The minimum atomic E-state index is -0.474. The first-order valence-electron chi connectivity index (χ1n) is 10.7. The fourth-order valence-electron chi connectivity index (χ4n) is 2.99. The first-order valence-corrected chi connectivity index (χ1v) is 10.7. The second-order valence-corrected chi connectivity index (χ2v) is 7.87. The van der Waals surface area contributed by atoms with Crippen LogP contribution in [0.4, 0.5) is 4.79 Å². The SMILES string of the molecule is CNC(=O)CCCNC(=O)/C(N)=C1\CN(C(=O)OCCCCCC(C)C)CCN1N. The molecule has 1 rings (SSSR count). The Morgan fingerprint density at radius 2 is 1.87 bits per heavy atom. The Morgan fingerprint density at radius 3 is 2.53 bits per heavy atom. The van der Waals surface area contributed by atoms with Crippen molar-refractivity contribution in [2.24, 2.45) is 17.5 Å². The molecule has 0 aromatic heterocycles. The van der Waals surface area contributed by atoms with Crippen LogP contribution in [0.25, 0.3) is 0 Å². The lowest BCUT2D eigenvalue weighted by Crippen LogP contribution is -2.52. The van der Waals surface area contributed by atoms with Crippen LogP contribution < -0.4 is 22.2 Å². The number of hydrogen-bond donors (Lipinski definition) is 4. The van der Waals surface area contributed by atoms with Crippen LogP contribution in [0.2, 0.25) is 0 Å². The molecule has 0 aromatic carbocycles. The monoisotopic (exact) mass is 426 g/mol. The summed E-state index contributed by atoms with van der Waals surface area (Å²) in [6.07, 6.45) is 4.54. The number of carbonyl (C=O) groups excluding carboxylic acids is 3. The maximum Gasteiger partial charge on any atom is 0.410 e. The van der Waals surface area contributed by atoms with Crippen molar-refractivity contribution in [3.05, 3.63) is 11.4 Å². The van der Waals surface area contributed by atoms with Gasteiger partial charge in [-0.2, -0.15) is 0 Å². The molecule has 30 heavy (non-hydrogen) atoms. The molecule has 0 radical (unpaired) electrons. The Labute approximate surface area is 179 Å². The number of hydrazine groups is 1. The minimum absolute atomic E-state index is 0.0383. The minimum Gasteiger partial charge on any atom is -0.449 e. The molecule has 10 nitrogen and oxygen atoms in total. The third-order valence-corrected chi connectivity index (χ3v) is 4.91. The number of nitrogens with two attached hydrogens (primary N) is 2. The highest BCUT2D eigenvalue weighted by molar-refractivity contribution is 5.93. The van der Waals surface area contributed by atoms with Crippen LogP contribution >= 0.6 is 0 Å². The third-order valence-electron chi connectivity index (χ3n) is 4.91. The second kappa shape index (κ2) is 13.7. The van der Waals surface area contributed by atoms with E-state index in [0.717, 1.165) is 19.3 Å². The predicted molar refractivity (Wildman–Crippen MR) is 115 cm³/mol. The molecule has 0 spiro atoms. The number of hydrogen-bond acceptors (Lipinski definition) is 7. The van der Waals surface area contributed by atoms with E-state index >= 15 is 0 Å². The Bertz CT molecular complexity index is 608. The van der Waals surface area contributed by atoms with E-state index in [4.69, 9.17) is 16.3 Å². The second-order valence-electron chi connectivity index (χ2n) is 7.87. The van der Waals surface area contributed by atoms with Crippen LogP contribution in [0.1, 0.15) is 52.4 Å². The highest BCUT2D eigenvalue weighted by atomic mass is 16.6. The fraction of sp³-hybridized carbons (Fsp3) is 0.750. The zero-order chi connectivity index (χ0) is 22.5. The summed E-state index contributed by atoms with van der Waals surface area (Å²) >= 11 is 0. The summed E-state index contributed by atoms with van der Waals surface area (Å²) in [5, 5.41) is 6.57. The molecule has 1 aliphatic heterocycles. The van der Waals surface area contributed by atoms with E-state index in [0.29, 0.717) is 50.7 Å². The average molecular weight is 427 g/mol. The maximum atomic E-state index is 12.3.